The maximum absolute atomic E-state index is 13.2. The third kappa shape index (κ3) is 5.26. The standard InChI is InChI=1S/C20H31N3O3S.ClH/c1-14-5-6-17(27(25,26)22-20(2,3)4)11-18(14)19(24)23-9-7-15-12-21-13-16(15)8-10-23;/h5-6,11,15-16,21-22H,7-10,12-13H2,1-4H3;1H/t15-,16+;. The second-order valence-corrected chi connectivity index (χ2v) is 10.6. The molecule has 2 fully saturated rings. The monoisotopic (exact) mass is 429 g/mol. The molecule has 2 heterocycles. The largest absolute Gasteiger partial charge is 0.339 e. The number of nitrogens with one attached hydrogen (secondary N) is 2. The van der Waals surface area contributed by atoms with E-state index < -0.39 is 15.6 Å². The van der Waals surface area contributed by atoms with E-state index in [0.717, 1.165) is 44.6 Å². The number of carbonyl (C=O) groups excluding carboxylic acids is 1. The summed E-state index contributed by atoms with van der Waals surface area (Å²) in [7, 11) is -3.67. The molecule has 1 aromatic rings. The normalized spacial score (nSPS) is 22.9. The number of sulfonamides is 1. The summed E-state index contributed by atoms with van der Waals surface area (Å²) in [6, 6.07) is 4.82. The zero-order chi connectivity index (χ0) is 19.8. The van der Waals surface area contributed by atoms with Crippen molar-refractivity contribution >= 4 is 28.3 Å². The highest BCUT2D eigenvalue weighted by atomic mass is 35.5. The molecule has 6 nitrogen and oxygen atoms in total. The second kappa shape index (κ2) is 8.69. The predicted octanol–water partition coefficient (Wildman–Crippen LogP) is 2.57. The van der Waals surface area contributed by atoms with Gasteiger partial charge in [0.1, 0.15) is 0 Å². The molecule has 3 rings (SSSR count). The number of carbonyl (C=O) groups is 1. The summed E-state index contributed by atoms with van der Waals surface area (Å²) in [6.45, 7) is 10.8. The molecule has 0 spiro atoms. The lowest BCUT2D eigenvalue weighted by molar-refractivity contribution is 0.0757. The zero-order valence-corrected chi connectivity index (χ0v) is 18.8. The molecule has 158 valence electrons. The fraction of sp³-hybridized carbons (Fsp3) is 0.650. The molecule has 2 saturated heterocycles. The number of likely N-dealkylation sites (tertiary alicyclic amines) is 1. The van der Waals surface area contributed by atoms with Crippen LogP contribution in [0.25, 0.3) is 0 Å². The topological polar surface area (TPSA) is 78.5 Å². The van der Waals surface area contributed by atoms with Crippen LogP contribution in [0.15, 0.2) is 23.1 Å². The van der Waals surface area contributed by atoms with Crippen molar-refractivity contribution in [1.82, 2.24) is 14.9 Å². The molecule has 2 N–H and O–H groups in total. The van der Waals surface area contributed by atoms with Crippen molar-refractivity contribution in [3.05, 3.63) is 29.3 Å². The molecule has 0 aliphatic carbocycles. The van der Waals surface area contributed by atoms with Crippen molar-refractivity contribution in [2.75, 3.05) is 26.2 Å². The number of fused-ring (bicyclic) bond motifs is 1. The van der Waals surface area contributed by atoms with E-state index in [-0.39, 0.29) is 23.2 Å². The van der Waals surface area contributed by atoms with Crippen LogP contribution in [0, 0.1) is 18.8 Å². The Morgan fingerprint density at radius 1 is 1.14 bits per heavy atom. The van der Waals surface area contributed by atoms with Crippen molar-refractivity contribution in [2.45, 2.75) is 51.0 Å². The van der Waals surface area contributed by atoms with E-state index in [1.54, 1.807) is 32.9 Å². The Morgan fingerprint density at radius 2 is 1.71 bits per heavy atom. The second-order valence-electron chi connectivity index (χ2n) is 8.88. The van der Waals surface area contributed by atoms with Gasteiger partial charge in [-0.3, -0.25) is 4.79 Å². The Hall–Kier alpha value is -1.15. The average Bonchev–Trinajstić information content (AvgIpc) is 2.91. The van der Waals surface area contributed by atoms with Crippen LogP contribution >= 0.6 is 12.4 Å². The van der Waals surface area contributed by atoms with Crippen LogP contribution in [-0.4, -0.2) is 50.9 Å². The number of aryl methyl sites for hydroxylation is 1. The summed E-state index contributed by atoms with van der Waals surface area (Å²) >= 11 is 0. The summed E-state index contributed by atoms with van der Waals surface area (Å²) in [5.74, 6) is 1.23. The van der Waals surface area contributed by atoms with E-state index in [1.807, 2.05) is 11.8 Å². The number of hydrogen-bond acceptors (Lipinski definition) is 4. The van der Waals surface area contributed by atoms with Gasteiger partial charge in [0, 0.05) is 24.2 Å². The fourth-order valence-corrected chi connectivity index (χ4v) is 5.50. The summed E-state index contributed by atoms with van der Waals surface area (Å²) in [6.07, 6.45) is 2.01. The van der Waals surface area contributed by atoms with Gasteiger partial charge in [0.15, 0.2) is 0 Å². The first-order valence-electron chi connectivity index (χ1n) is 9.71. The van der Waals surface area contributed by atoms with Crippen molar-refractivity contribution in [3.8, 4) is 0 Å². The van der Waals surface area contributed by atoms with E-state index in [2.05, 4.69) is 10.0 Å². The van der Waals surface area contributed by atoms with Crippen LogP contribution in [0.2, 0.25) is 0 Å². The van der Waals surface area contributed by atoms with Crippen LogP contribution in [0.4, 0.5) is 0 Å². The highest BCUT2D eigenvalue weighted by Crippen LogP contribution is 2.28. The molecule has 2 atom stereocenters. The van der Waals surface area contributed by atoms with Crippen LogP contribution in [-0.2, 0) is 10.0 Å². The smallest absolute Gasteiger partial charge is 0.254 e. The van der Waals surface area contributed by atoms with Gasteiger partial charge in [-0.2, -0.15) is 0 Å². The molecule has 1 aromatic carbocycles. The van der Waals surface area contributed by atoms with Gasteiger partial charge < -0.3 is 10.2 Å². The predicted molar refractivity (Wildman–Crippen MR) is 113 cm³/mol. The number of amides is 1. The number of rotatable bonds is 3. The Bertz CT molecular complexity index is 806. The van der Waals surface area contributed by atoms with Gasteiger partial charge in [-0.15, -0.1) is 12.4 Å². The minimum Gasteiger partial charge on any atom is -0.339 e. The van der Waals surface area contributed by atoms with Crippen molar-refractivity contribution in [1.29, 1.82) is 0 Å². The minimum absolute atomic E-state index is 0. The van der Waals surface area contributed by atoms with Gasteiger partial charge in [-0.1, -0.05) is 6.07 Å². The lowest BCUT2D eigenvalue weighted by atomic mass is 9.92. The number of nitrogens with zero attached hydrogens (tertiary/aromatic N) is 1. The first-order valence-corrected chi connectivity index (χ1v) is 11.2. The quantitative estimate of drug-likeness (QED) is 0.773. The Balaban J connectivity index is 0.00000280. The van der Waals surface area contributed by atoms with Gasteiger partial charge in [-0.05, 0) is 83.2 Å². The van der Waals surface area contributed by atoms with Gasteiger partial charge in [0.2, 0.25) is 10.0 Å². The summed E-state index contributed by atoms with van der Waals surface area (Å²) in [4.78, 5) is 15.2. The number of benzene rings is 1. The Morgan fingerprint density at radius 3 is 2.25 bits per heavy atom. The van der Waals surface area contributed by atoms with E-state index >= 15 is 0 Å². The van der Waals surface area contributed by atoms with Crippen LogP contribution < -0.4 is 10.0 Å². The minimum atomic E-state index is -3.67. The molecule has 2 aliphatic heterocycles. The lowest BCUT2D eigenvalue weighted by Gasteiger charge is -2.23. The first kappa shape index (κ1) is 23.1. The van der Waals surface area contributed by atoms with Crippen LogP contribution in [0.1, 0.15) is 49.5 Å². The van der Waals surface area contributed by atoms with Gasteiger partial charge in [0.25, 0.3) is 5.91 Å². The molecule has 8 heteroatoms. The number of hydrogen-bond donors (Lipinski definition) is 2. The third-order valence-electron chi connectivity index (χ3n) is 5.50. The average molecular weight is 430 g/mol. The SMILES string of the molecule is Cc1ccc(S(=O)(=O)NC(C)(C)C)cc1C(=O)N1CC[C@@H]2CNC[C@@H]2CC1.Cl. The van der Waals surface area contributed by atoms with Crippen molar-refractivity contribution in [2.24, 2.45) is 11.8 Å². The molecule has 1 amide bonds. The van der Waals surface area contributed by atoms with Gasteiger partial charge in [-0.25, -0.2) is 13.1 Å². The Labute approximate surface area is 174 Å². The van der Waals surface area contributed by atoms with Crippen LogP contribution in [0.5, 0.6) is 0 Å². The van der Waals surface area contributed by atoms with Gasteiger partial charge >= 0.3 is 0 Å². The first-order chi connectivity index (χ1) is 12.6. The van der Waals surface area contributed by atoms with Crippen molar-refractivity contribution < 1.29 is 13.2 Å². The molecule has 0 saturated carbocycles. The van der Waals surface area contributed by atoms with E-state index in [1.165, 1.54) is 6.07 Å². The molecule has 0 radical (unpaired) electrons. The molecule has 2 aliphatic rings. The Kier molecular flexibility index (Phi) is 7.18. The summed E-state index contributed by atoms with van der Waals surface area (Å²) in [5, 5.41) is 3.44. The lowest BCUT2D eigenvalue weighted by Crippen LogP contribution is -2.40. The highest BCUT2D eigenvalue weighted by Gasteiger charge is 2.32. The molecular weight excluding hydrogens is 398 g/mol. The van der Waals surface area contributed by atoms with E-state index in [0.29, 0.717) is 17.4 Å². The molecular formula is C20H32ClN3O3S. The maximum Gasteiger partial charge on any atom is 0.254 e. The molecule has 0 aromatic heterocycles. The zero-order valence-electron chi connectivity index (χ0n) is 17.1. The fourth-order valence-electron chi connectivity index (χ4n) is 4.05. The van der Waals surface area contributed by atoms with Crippen molar-refractivity contribution in [3.63, 3.8) is 0 Å². The summed E-state index contributed by atoms with van der Waals surface area (Å²) in [5.41, 5.74) is 0.711. The highest BCUT2D eigenvalue weighted by molar-refractivity contribution is 7.89. The van der Waals surface area contributed by atoms with E-state index in [4.69, 9.17) is 0 Å². The summed E-state index contributed by atoms with van der Waals surface area (Å²) < 4.78 is 28.0. The van der Waals surface area contributed by atoms with E-state index in [9.17, 15) is 13.2 Å². The van der Waals surface area contributed by atoms with Crippen LogP contribution in [0.3, 0.4) is 0 Å². The molecule has 0 bridgehead atoms. The third-order valence-corrected chi connectivity index (χ3v) is 7.25. The number of halogens is 1. The van der Waals surface area contributed by atoms with Gasteiger partial charge in [0.05, 0.1) is 4.90 Å². The molecule has 28 heavy (non-hydrogen) atoms. The maximum atomic E-state index is 13.2. The molecule has 0 unspecified atom stereocenters.